The van der Waals surface area contributed by atoms with Gasteiger partial charge in [-0.2, -0.15) is 0 Å². The standard InChI is InChI=1S/C18H24N4O5S/c1-12(17(24)19-9-10-25-3)27-16(23)11-28-18-21-20-13(2)22(18)14-5-7-15(26-4)8-6-14/h5-8,12H,9-11H2,1-4H3,(H,19,24)/t12-/m1/s1. The van der Waals surface area contributed by atoms with E-state index in [1.54, 1.807) is 14.2 Å². The zero-order valence-electron chi connectivity index (χ0n) is 16.3. The fraction of sp³-hybridized carbons (Fsp3) is 0.444. The number of amides is 1. The van der Waals surface area contributed by atoms with Crippen molar-refractivity contribution in [2.45, 2.75) is 25.1 Å². The molecule has 1 amide bonds. The Labute approximate surface area is 167 Å². The molecule has 2 aromatic rings. The predicted molar refractivity (Wildman–Crippen MR) is 104 cm³/mol. The van der Waals surface area contributed by atoms with Gasteiger partial charge in [-0.25, -0.2) is 0 Å². The monoisotopic (exact) mass is 408 g/mol. The summed E-state index contributed by atoms with van der Waals surface area (Å²) in [4.78, 5) is 23.9. The first kappa shape index (κ1) is 21.7. The third kappa shape index (κ3) is 5.96. The first-order valence-electron chi connectivity index (χ1n) is 8.61. The van der Waals surface area contributed by atoms with Gasteiger partial charge in [0.1, 0.15) is 11.6 Å². The van der Waals surface area contributed by atoms with Crippen LogP contribution < -0.4 is 10.1 Å². The lowest BCUT2D eigenvalue weighted by Gasteiger charge is -2.13. The number of aryl methyl sites for hydroxylation is 1. The van der Waals surface area contributed by atoms with Gasteiger partial charge in [0.25, 0.3) is 5.91 Å². The summed E-state index contributed by atoms with van der Waals surface area (Å²) in [6.07, 6.45) is -0.883. The molecule has 0 aliphatic carbocycles. The minimum absolute atomic E-state index is 0.00395. The quantitative estimate of drug-likeness (QED) is 0.357. The van der Waals surface area contributed by atoms with Crippen LogP contribution in [0.2, 0.25) is 0 Å². The Bertz CT molecular complexity index is 794. The van der Waals surface area contributed by atoms with E-state index in [9.17, 15) is 9.59 Å². The van der Waals surface area contributed by atoms with Gasteiger partial charge in [0.2, 0.25) is 0 Å². The molecule has 9 nitrogen and oxygen atoms in total. The molecule has 0 aliphatic rings. The van der Waals surface area contributed by atoms with E-state index in [1.165, 1.54) is 18.7 Å². The second-order valence-electron chi connectivity index (χ2n) is 5.77. The lowest BCUT2D eigenvalue weighted by atomic mass is 10.3. The third-order valence-electron chi connectivity index (χ3n) is 3.73. The highest BCUT2D eigenvalue weighted by Gasteiger charge is 2.19. The van der Waals surface area contributed by atoms with Crippen molar-refractivity contribution in [3.8, 4) is 11.4 Å². The minimum Gasteiger partial charge on any atom is -0.497 e. The van der Waals surface area contributed by atoms with Crippen molar-refractivity contribution in [3.05, 3.63) is 30.1 Å². The van der Waals surface area contributed by atoms with E-state index in [0.29, 0.717) is 24.1 Å². The van der Waals surface area contributed by atoms with Gasteiger partial charge < -0.3 is 19.5 Å². The molecular formula is C18H24N4O5S. The third-order valence-corrected chi connectivity index (χ3v) is 4.63. The Morgan fingerprint density at radius 3 is 2.57 bits per heavy atom. The zero-order valence-corrected chi connectivity index (χ0v) is 17.1. The summed E-state index contributed by atoms with van der Waals surface area (Å²) in [6, 6.07) is 7.43. The number of nitrogens with zero attached hydrogens (tertiary/aromatic N) is 3. The summed E-state index contributed by atoms with van der Waals surface area (Å²) in [7, 11) is 3.14. The van der Waals surface area contributed by atoms with Crippen LogP contribution in [0.15, 0.2) is 29.4 Å². The van der Waals surface area contributed by atoms with Crippen molar-refractivity contribution >= 4 is 23.6 Å². The molecule has 0 spiro atoms. The first-order valence-corrected chi connectivity index (χ1v) is 9.60. The largest absolute Gasteiger partial charge is 0.497 e. The van der Waals surface area contributed by atoms with E-state index in [2.05, 4.69) is 15.5 Å². The Morgan fingerprint density at radius 2 is 1.93 bits per heavy atom. The van der Waals surface area contributed by atoms with Gasteiger partial charge in [0, 0.05) is 19.3 Å². The molecule has 0 radical (unpaired) electrons. The maximum absolute atomic E-state index is 12.1. The molecule has 0 aliphatic heterocycles. The summed E-state index contributed by atoms with van der Waals surface area (Å²) in [5.74, 6) is 0.551. The molecular weight excluding hydrogens is 384 g/mol. The van der Waals surface area contributed by atoms with Crippen LogP contribution >= 0.6 is 11.8 Å². The molecule has 1 aromatic heterocycles. The van der Waals surface area contributed by atoms with E-state index in [-0.39, 0.29) is 11.7 Å². The minimum atomic E-state index is -0.883. The summed E-state index contributed by atoms with van der Waals surface area (Å²) >= 11 is 1.19. The SMILES string of the molecule is COCCNC(=O)[C@@H](C)OC(=O)CSc1nnc(C)n1-c1ccc(OC)cc1. The first-order chi connectivity index (χ1) is 13.5. The highest BCUT2D eigenvalue weighted by atomic mass is 32.2. The lowest BCUT2D eigenvalue weighted by Crippen LogP contribution is -2.37. The number of carbonyl (C=O) groups excluding carboxylic acids is 2. The van der Waals surface area contributed by atoms with E-state index >= 15 is 0 Å². The average molecular weight is 408 g/mol. The molecule has 0 saturated carbocycles. The number of aromatic nitrogens is 3. The number of thioether (sulfide) groups is 1. The van der Waals surface area contributed by atoms with E-state index in [0.717, 1.165) is 11.4 Å². The molecule has 10 heteroatoms. The average Bonchev–Trinajstić information content (AvgIpc) is 3.07. The van der Waals surface area contributed by atoms with Gasteiger partial charge in [-0.05, 0) is 38.1 Å². The number of esters is 1. The highest BCUT2D eigenvalue weighted by molar-refractivity contribution is 7.99. The number of rotatable bonds is 10. The van der Waals surface area contributed by atoms with Crippen molar-refractivity contribution < 1.29 is 23.8 Å². The number of hydrogen-bond donors (Lipinski definition) is 1. The second-order valence-corrected chi connectivity index (χ2v) is 6.71. The van der Waals surface area contributed by atoms with E-state index in [1.807, 2.05) is 35.8 Å². The Hall–Kier alpha value is -2.59. The van der Waals surface area contributed by atoms with Crippen LogP contribution in [-0.4, -0.2) is 65.9 Å². The molecule has 1 N–H and O–H groups in total. The molecule has 1 aromatic carbocycles. The van der Waals surface area contributed by atoms with Gasteiger partial charge in [0.05, 0.1) is 19.5 Å². The molecule has 1 heterocycles. The predicted octanol–water partition coefficient (Wildman–Crippen LogP) is 1.37. The fourth-order valence-corrected chi connectivity index (χ4v) is 3.07. The summed E-state index contributed by atoms with van der Waals surface area (Å²) in [5, 5.41) is 11.4. The van der Waals surface area contributed by atoms with Crippen LogP contribution in [0.3, 0.4) is 0 Å². The molecule has 0 unspecified atom stereocenters. The van der Waals surface area contributed by atoms with Crippen molar-refractivity contribution in [3.63, 3.8) is 0 Å². The van der Waals surface area contributed by atoms with Gasteiger partial charge in [-0.3, -0.25) is 14.2 Å². The van der Waals surface area contributed by atoms with Gasteiger partial charge in [-0.15, -0.1) is 10.2 Å². The van der Waals surface area contributed by atoms with E-state index in [4.69, 9.17) is 14.2 Å². The smallest absolute Gasteiger partial charge is 0.317 e. The number of nitrogens with one attached hydrogen (secondary N) is 1. The number of methoxy groups -OCH3 is 2. The van der Waals surface area contributed by atoms with Crippen LogP contribution in [0.1, 0.15) is 12.7 Å². The Morgan fingerprint density at radius 1 is 1.21 bits per heavy atom. The lowest BCUT2D eigenvalue weighted by molar-refractivity contribution is -0.152. The van der Waals surface area contributed by atoms with Crippen molar-refractivity contribution in [2.24, 2.45) is 0 Å². The number of benzene rings is 1. The van der Waals surface area contributed by atoms with Crippen LogP contribution in [0.25, 0.3) is 5.69 Å². The maximum Gasteiger partial charge on any atom is 0.317 e. The number of carbonyl (C=O) groups is 2. The zero-order chi connectivity index (χ0) is 20.5. The molecule has 152 valence electrons. The van der Waals surface area contributed by atoms with Crippen molar-refractivity contribution in [1.29, 1.82) is 0 Å². The van der Waals surface area contributed by atoms with Crippen LogP contribution in [-0.2, 0) is 19.1 Å². The molecule has 0 saturated heterocycles. The van der Waals surface area contributed by atoms with E-state index < -0.39 is 12.1 Å². The van der Waals surface area contributed by atoms with Crippen LogP contribution in [0, 0.1) is 6.92 Å². The molecule has 1 atom stereocenters. The molecule has 0 fully saturated rings. The summed E-state index contributed by atoms with van der Waals surface area (Å²) in [5.41, 5.74) is 0.852. The topological polar surface area (TPSA) is 105 Å². The van der Waals surface area contributed by atoms with Crippen molar-refractivity contribution in [1.82, 2.24) is 20.1 Å². The maximum atomic E-state index is 12.1. The van der Waals surface area contributed by atoms with Gasteiger partial charge >= 0.3 is 5.97 Å². The molecule has 0 bridgehead atoms. The van der Waals surface area contributed by atoms with Gasteiger partial charge in [-0.1, -0.05) is 11.8 Å². The fourth-order valence-electron chi connectivity index (χ4n) is 2.29. The van der Waals surface area contributed by atoms with Crippen molar-refractivity contribution in [2.75, 3.05) is 33.1 Å². The number of hydrogen-bond acceptors (Lipinski definition) is 8. The second kappa shape index (κ2) is 10.7. The summed E-state index contributed by atoms with van der Waals surface area (Å²) in [6.45, 7) is 4.10. The molecule has 2 rings (SSSR count). The Balaban J connectivity index is 1.93. The molecule has 28 heavy (non-hydrogen) atoms. The van der Waals surface area contributed by atoms with Gasteiger partial charge in [0.15, 0.2) is 11.3 Å². The number of ether oxygens (including phenoxy) is 3. The van der Waals surface area contributed by atoms with Crippen LogP contribution in [0.5, 0.6) is 5.75 Å². The Kier molecular flexibility index (Phi) is 8.27. The highest BCUT2D eigenvalue weighted by Crippen LogP contribution is 2.23. The normalized spacial score (nSPS) is 11.7. The summed E-state index contributed by atoms with van der Waals surface area (Å²) < 4.78 is 17.0. The van der Waals surface area contributed by atoms with Crippen LogP contribution in [0.4, 0.5) is 0 Å².